The van der Waals surface area contributed by atoms with Gasteiger partial charge >= 0.3 is 0 Å². The summed E-state index contributed by atoms with van der Waals surface area (Å²) < 4.78 is 5.28. The van der Waals surface area contributed by atoms with Gasteiger partial charge in [0.25, 0.3) is 5.91 Å². The Kier molecular flexibility index (Phi) is 2.40. The smallest absolute Gasteiger partial charge is 0.257 e. The zero-order valence-corrected chi connectivity index (χ0v) is 9.27. The standard InChI is InChI=1S/C13H12N2O2/c16-13-11-10(7-4-8-14-13)17-15-12(11)9-5-2-1-3-6-9/h1-3,5-6H,4,7-8H2,(H,14,16). The first kappa shape index (κ1) is 10.1. The predicted molar refractivity (Wildman–Crippen MR) is 62.6 cm³/mol. The van der Waals surface area contributed by atoms with Crippen LogP contribution in [0.15, 0.2) is 34.9 Å². The van der Waals surface area contributed by atoms with Crippen molar-refractivity contribution >= 4 is 5.91 Å². The summed E-state index contributed by atoms with van der Waals surface area (Å²) in [7, 11) is 0. The van der Waals surface area contributed by atoms with Crippen molar-refractivity contribution in [3.63, 3.8) is 0 Å². The largest absolute Gasteiger partial charge is 0.360 e. The van der Waals surface area contributed by atoms with Crippen molar-refractivity contribution in [1.29, 1.82) is 0 Å². The molecular formula is C13H12N2O2. The van der Waals surface area contributed by atoms with E-state index in [9.17, 15) is 4.79 Å². The number of hydrogen-bond donors (Lipinski definition) is 1. The van der Waals surface area contributed by atoms with E-state index in [1.54, 1.807) is 0 Å². The van der Waals surface area contributed by atoms with Gasteiger partial charge in [-0.2, -0.15) is 0 Å². The molecule has 1 aromatic heterocycles. The molecule has 1 amide bonds. The van der Waals surface area contributed by atoms with E-state index in [0.29, 0.717) is 23.6 Å². The Morgan fingerprint density at radius 1 is 1.24 bits per heavy atom. The van der Waals surface area contributed by atoms with Gasteiger partial charge in [0.1, 0.15) is 17.0 Å². The lowest BCUT2D eigenvalue weighted by molar-refractivity contribution is 0.0956. The molecule has 1 N–H and O–H groups in total. The van der Waals surface area contributed by atoms with Gasteiger partial charge in [-0.3, -0.25) is 4.79 Å². The third kappa shape index (κ3) is 1.71. The lowest BCUT2D eigenvalue weighted by Gasteiger charge is -2.01. The molecule has 0 saturated carbocycles. The Morgan fingerprint density at radius 3 is 2.88 bits per heavy atom. The number of rotatable bonds is 1. The Hall–Kier alpha value is -2.10. The van der Waals surface area contributed by atoms with Gasteiger partial charge < -0.3 is 9.84 Å². The monoisotopic (exact) mass is 228 g/mol. The first-order valence-corrected chi connectivity index (χ1v) is 5.68. The highest BCUT2D eigenvalue weighted by Crippen LogP contribution is 2.27. The average Bonchev–Trinajstić information content (AvgIpc) is 2.71. The quantitative estimate of drug-likeness (QED) is 0.812. The van der Waals surface area contributed by atoms with Gasteiger partial charge in [0.05, 0.1) is 0 Å². The van der Waals surface area contributed by atoms with Crippen LogP contribution in [-0.2, 0) is 6.42 Å². The van der Waals surface area contributed by atoms with Crippen LogP contribution in [0.4, 0.5) is 0 Å². The predicted octanol–water partition coefficient (Wildman–Crippen LogP) is 2.02. The topological polar surface area (TPSA) is 55.1 Å². The van der Waals surface area contributed by atoms with E-state index in [1.807, 2.05) is 30.3 Å². The molecular weight excluding hydrogens is 216 g/mol. The number of hydrogen-bond acceptors (Lipinski definition) is 3. The highest BCUT2D eigenvalue weighted by atomic mass is 16.5. The molecule has 2 aromatic rings. The summed E-state index contributed by atoms with van der Waals surface area (Å²) in [5.74, 6) is 0.608. The molecule has 17 heavy (non-hydrogen) atoms. The lowest BCUT2D eigenvalue weighted by atomic mass is 10.0. The summed E-state index contributed by atoms with van der Waals surface area (Å²) >= 11 is 0. The van der Waals surface area contributed by atoms with E-state index in [0.717, 1.165) is 18.4 Å². The summed E-state index contributed by atoms with van der Waals surface area (Å²) in [6.45, 7) is 0.692. The number of aryl methyl sites for hydroxylation is 1. The normalized spacial score (nSPS) is 14.9. The van der Waals surface area contributed by atoms with E-state index >= 15 is 0 Å². The van der Waals surface area contributed by atoms with Crippen LogP contribution in [0.3, 0.4) is 0 Å². The van der Waals surface area contributed by atoms with Gasteiger partial charge in [0.2, 0.25) is 0 Å². The van der Waals surface area contributed by atoms with E-state index in [-0.39, 0.29) is 5.91 Å². The first-order valence-electron chi connectivity index (χ1n) is 5.68. The average molecular weight is 228 g/mol. The molecule has 0 unspecified atom stereocenters. The van der Waals surface area contributed by atoms with Crippen LogP contribution < -0.4 is 5.32 Å². The zero-order valence-electron chi connectivity index (χ0n) is 9.27. The molecule has 0 saturated heterocycles. The molecule has 0 radical (unpaired) electrons. The SMILES string of the molecule is O=C1NCCCc2onc(-c3ccccc3)c21. The lowest BCUT2D eigenvalue weighted by Crippen LogP contribution is -2.22. The fourth-order valence-corrected chi connectivity index (χ4v) is 2.06. The summed E-state index contributed by atoms with van der Waals surface area (Å²) in [6.07, 6.45) is 1.65. The highest BCUT2D eigenvalue weighted by Gasteiger charge is 2.25. The zero-order chi connectivity index (χ0) is 11.7. The molecule has 0 spiro atoms. The van der Waals surface area contributed by atoms with E-state index < -0.39 is 0 Å². The van der Waals surface area contributed by atoms with Gasteiger partial charge in [-0.25, -0.2) is 0 Å². The van der Waals surface area contributed by atoms with Crippen LogP contribution in [0, 0.1) is 0 Å². The van der Waals surface area contributed by atoms with Crippen molar-refractivity contribution in [1.82, 2.24) is 10.5 Å². The van der Waals surface area contributed by atoms with Crippen LogP contribution in [0.25, 0.3) is 11.3 Å². The van der Waals surface area contributed by atoms with Crippen LogP contribution in [-0.4, -0.2) is 17.6 Å². The van der Waals surface area contributed by atoms with Gasteiger partial charge in [-0.05, 0) is 6.42 Å². The van der Waals surface area contributed by atoms with E-state index in [2.05, 4.69) is 10.5 Å². The third-order valence-electron chi connectivity index (χ3n) is 2.90. The van der Waals surface area contributed by atoms with Gasteiger partial charge in [0.15, 0.2) is 0 Å². The minimum atomic E-state index is -0.0856. The number of carbonyl (C=O) groups is 1. The number of carbonyl (C=O) groups excluding carboxylic acids is 1. The Bertz CT molecular complexity index is 546. The molecule has 3 rings (SSSR count). The van der Waals surface area contributed by atoms with Crippen LogP contribution >= 0.6 is 0 Å². The number of nitrogens with one attached hydrogen (secondary N) is 1. The molecule has 0 bridgehead atoms. The maximum Gasteiger partial charge on any atom is 0.257 e. The molecule has 86 valence electrons. The molecule has 1 aliphatic heterocycles. The maximum atomic E-state index is 11.9. The van der Waals surface area contributed by atoms with Crippen molar-refractivity contribution in [2.24, 2.45) is 0 Å². The van der Waals surface area contributed by atoms with Crippen molar-refractivity contribution in [2.75, 3.05) is 6.54 Å². The van der Waals surface area contributed by atoms with Gasteiger partial charge in [-0.1, -0.05) is 35.5 Å². The molecule has 4 heteroatoms. The first-order chi connectivity index (χ1) is 8.36. The van der Waals surface area contributed by atoms with Gasteiger partial charge in [-0.15, -0.1) is 0 Å². The second-order valence-electron chi connectivity index (χ2n) is 4.05. The van der Waals surface area contributed by atoms with Crippen LogP contribution in [0.5, 0.6) is 0 Å². The second kappa shape index (κ2) is 4.05. The minimum absolute atomic E-state index is 0.0856. The summed E-state index contributed by atoms with van der Waals surface area (Å²) in [4.78, 5) is 11.9. The number of benzene rings is 1. The van der Waals surface area contributed by atoms with Crippen molar-refractivity contribution in [2.45, 2.75) is 12.8 Å². The highest BCUT2D eigenvalue weighted by molar-refractivity contribution is 6.01. The Labute approximate surface area is 98.6 Å². The summed E-state index contributed by atoms with van der Waals surface area (Å²) in [6, 6.07) is 9.63. The molecule has 4 nitrogen and oxygen atoms in total. The van der Waals surface area contributed by atoms with Crippen molar-refractivity contribution < 1.29 is 9.32 Å². The van der Waals surface area contributed by atoms with E-state index in [4.69, 9.17) is 4.52 Å². The number of aromatic nitrogens is 1. The second-order valence-corrected chi connectivity index (χ2v) is 4.05. The number of nitrogens with zero attached hydrogens (tertiary/aromatic N) is 1. The van der Waals surface area contributed by atoms with Crippen LogP contribution in [0.2, 0.25) is 0 Å². The third-order valence-corrected chi connectivity index (χ3v) is 2.90. The molecule has 0 atom stereocenters. The molecule has 0 aliphatic carbocycles. The number of amides is 1. The number of fused-ring (bicyclic) bond motifs is 1. The molecule has 0 fully saturated rings. The van der Waals surface area contributed by atoms with Crippen molar-refractivity contribution in [3.05, 3.63) is 41.7 Å². The Morgan fingerprint density at radius 2 is 2.06 bits per heavy atom. The summed E-state index contributed by atoms with van der Waals surface area (Å²) in [5, 5.41) is 6.88. The minimum Gasteiger partial charge on any atom is -0.360 e. The van der Waals surface area contributed by atoms with Crippen LogP contribution in [0.1, 0.15) is 22.5 Å². The molecule has 1 aliphatic rings. The van der Waals surface area contributed by atoms with E-state index in [1.165, 1.54) is 0 Å². The fraction of sp³-hybridized carbons (Fsp3) is 0.231. The molecule has 2 heterocycles. The van der Waals surface area contributed by atoms with Gasteiger partial charge in [0, 0.05) is 18.5 Å². The maximum absolute atomic E-state index is 11.9. The fourth-order valence-electron chi connectivity index (χ4n) is 2.06. The Balaban J connectivity index is 2.14. The summed E-state index contributed by atoms with van der Waals surface area (Å²) in [5.41, 5.74) is 2.14. The molecule has 1 aromatic carbocycles. The van der Waals surface area contributed by atoms with Crippen molar-refractivity contribution in [3.8, 4) is 11.3 Å².